The van der Waals surface area contributed by atoms with Gasteiger partial charge in [0.1, 0.15) is 0 Å². The zero-order valence-corrected chi connectivity index (χ0v) is 14.7. The van der Waals surface area contributed by atoms with Gasteiger partial charge in [-0.2, -0.15) is 0 Å². The van der Waals surface area contributed by atoms with E-state index in [1.807, 2.05) is 61.1 Å². The Bertz CT molecular complexity index is 826. The summed E-state index contributed by atoms with van der Waals surface area (Å²) in [5.41, 5.74) is 3.22. The molecular weight excluding hydrogens is 312 g/mol. The third-order valence-corrected chi connectivity index (χ3v) is 4.41. The topological polar surface area (TPSA) is 50.2 Å². The largest absolute Gasteiger partial charge is 0.354 e. The van der Waals surface area contributed by atoms with Crippen LogP contribution in [-0.4, -0.2) is 41.0 Å². The van der Waals surface area contributed by atoms with Crippen LogP contribution in [0.2, 0.25) is 0 Å². The molecule has 1 amide bonds. The smallest absolute Gasteiger partial charge is 0.221 e. The van der Waals surface area contributed by atoms with Gasteiger partial charge < -0.3 is 14.8 Å². The Labute approximate surface area is 148 Å². The average Bonchev–Trinajstić information content (AvgIpc) is 3.04. The Morgan fingerprint density at radius 2 is 1.84 bits per heavy atom. The van der Waals surface area contributed by atoms with Crippen LogP contribution >= 0.6 is 0 Å². The summed E-state index contributed by atoms with van der Waals surface area (Å²) in [7, 11) is 4.06. The minimum absolute atomic E-state index is 0.0561. The number of carbonyl (C=O) groups is 1. The zero-order valence-electron chi connectivity index (χ0n) is 14.7. The maximum absolute atomic E-state index is 12.3. The van der Waals surface area contributed by atoms with Crippen molar-refractivity contribution in [1.82, 2.24) is 19.8 Å². The van der Waals surface area contributed by atoms with Crippen molar-refractivity contribution in [2.45, 2.75) is 19.0 Å². The van der Waals surface area contributed by atoms with Gasteiger partial charge in [-0.05, 0) is 31.8 Å². The lowest BCUT2D eigenvalue weighted by molar-refractivity contribution is -0.121. The molecule has 1 unspecified atom stereocenters. The molecule has 0 bridgehead atoms. The van der Waals surface area contributed by atoms with E-state index in [0.717, 1.165) is 11.0 Å². The molecule has 0 fully saturated rings. The molecule has 25 heavy (non-hydrogen) atoms. The molecule has 3 rings (SSSR count). The number of hydrogen-bond acceptors (Lipinski definition) is 3. The number of carbonyl (C=O) groups excluding carboxylic acids is 1. The molecule has 0 saturated heterocycles. The van der Waals surface area contributed by atoms with Crippen molar-refractivity contribution in [3.63, 3.8) is 0 Å². The van der Waals surface area contributed by atoms with Crippen LogP contribution < -0.4 is 5.32 Å². The second-order valence-electron chi connectivity index (χ2n) is 6.37. The monoisotopic (exact) mass is 336 g/mol. The Hall–Kier alpha value is -2.66. The number of amides is 1. The molecular formula is C20H24N4O. The van der Waals surface area contributed by atoms with E-state index in [1.165, 1.54) is 5.56 Å². The van der Waals surface area contributed by atoms with Crippen LogP contribution in [0.15, 0.2) is 60.9 Å². The minimum atomic E-state index is 0.0561. The van der Waals surface area contributed by atoms with Crippen molar-refractivity contribution < 1.29 is 4.79 Å². The molecule has 2 aromatic carbocycles. The summed E-state index contributed by atoms with van der Waals surface area (Å²) >= 11 is 0. The molecule has 0 spiro atoms. The van der Waals surface area contributed by atoms with Gasteiger partial charge in [-0.1, -0.05) is 42.5 Å². The molecule has 0 saturated carbocycles. The average molecular weight is 336 g/mol. The number of fused-ring (bicyclic) bond motifs is 1. The fourth-order valence-corrected chi connectivity index (χ4v) is 2.98. The fourth-order valence-electron chi connectivity index (χ4n) is 2.98. The maximum atomic E-state index is 12.3. The number of nitrogens with one attached hydrogen (secondary N) is 1. The van der Waals surface area contributed by atoms with E-state index in [4.69, 9.17) is 0 Å². The van der Waals surface area contributed by atoms with Crippen molar-refractivity contribution in [3.05, 3.63) is 66.5 Å². The van der Waals surface area contributed by atoms with Crippen molar-refractivity contribution >= 4 is 16.9 Å². The third kappa shape index (κ3) is 4.25. The zero-order chi connectivity index (χ0) is 17.6. The summed E-state index contributed by atoms with van der Waals surface area (Å²) in [6.07, 6.45) is 2.24. The van der Waals surface area contributed by atoms with Gasteiger partial charge in [0.25, 0.3) is 0 Å². The molecule has 1 aromatic heterocycles. The van der Waals surface area contributed by atoms with Gasteiger partial charge in [0.05, 0.1) is 23.4 Å². The molecule has 5 nitrogen and oxygen atoms in total. The lowest BCUT2D eigenvalue weighted by atomic mass is 10.1. The summed E-state index contributed by atoms with van der Waals surface area (Å²) in [6, 6.07) is 18.4. The van der Waals surface area contributed by atoms with Crippen LogP contribution in [0.5, 0.6) is 0 Å². The van der Waals surface area contributed by atoms with E-state index in [2.05, 4.69) is 27.3 Å². The van der Waals surface area contributed by atoms with E-state index in [0.29, 0.717) is 19.5 Å². The normalized spacial score (nSPS) is 12.4. The highest BCUT2D eigenvalue weighted by molar-refractivity contribution is 5.77. The number of hydrogen-bond donors (Lipinski definition) is 1. The first-order chi connectivity index (χ1) is 12.1. The van der Waals surface area contributed by atoms with Crippen molar-refractivity contribution in [1.29, 1.82) is 0 Å². The van der Waals surface area contributed by atoms with Gasteiger partial charge >= 0.3 is 0 Å². The predicted octanol–water partition coefficient (Wildman–Crippen LogP) is 2.85. The molecule has 1 atom stereocenters. The van der Waals surface area contributed by atoms with Crippen molar-refractivity contribution in [3.8, 4) is 0 Å². The molecule has 0 aliphatic heterocycles. The number of aryl methyl sites for hydroxylation is 1. The number of imidazole rings is 1. The van der Waals surface area contributed by atoms with E-state index < -0.39 is 0 Å². The highest BCUT2D eigenvalue weighted by Gasteiger charge is 2.15. The molecule has 0 aliphatic rings. The standard InChI is InChI=1S/C20H24N4O/c1-23(2)19(16-8-4-3-5-9-16)14-21-20(25)12-13-24-15-22-17-10-6-7-11-18(17)24/h3-11,15,19H,12-14H2,1-2H3,(H,21,25). The predicted molar refractivity (Wildman–Crippen MR) is 100 cm³/mol. The van der Waals surface area contributed by atoms with Crippen LogP contribution in [0.25, 0.3) is 11.0 Å². The Balaban J connectivity index is 1.55. The number of nitrogens with zero attached hydrogens (tertiary/aromatic N) is 3. The van der Waals surface area contributed by atoms with E-state index in [-0.39, 0.29) is 11.9 Å². The fraction of sp³-hybridized carbons (Fsp3) is 0.300. The number of para-hydroxylation sites is 2. The van der Waals surface area contributed by atoms with Crippen LogP contribution in [0.1, 0.15) is 18.0 Å². The van der Waals surface area contributed by atoms with Gasteiger partial charge in [-0.15, -0.1) is 0 Å². The Morgan fingerprint density at radius 1 is 1.12 bits per heavy atom. The van der Waals surface area contributed by atoms with Crippen LogP contribution in [0.3, 0.4) is 0 Å². The number of benzene rings is 2. The first-order valence-corrected chi connectivity index (χ1v) is 8.53. The lowest BCUT2D eigenvalue weighted by Crippen LogP contribution is -2.34. The van der Waals surface area contributed by atoms with Crippen molar-refractivity contribution in [2.75, 3.05) is 20.6 Å². The summed E-state index contributed by atoms with van der Waals surface area (Å²) in [6.45, 7) is 1.23. The maximum Gasteiger partial charge on any atom is 0.221 e. The molecule has 1 heterocycles. The summed E-state index contributed by atoms with van der Waals surface area (Å²) < 4.78 is 2.02. The highest BCUT2D eigenvalue weighted by Crippen LogP contribution is 2.17. The molecule has 130 valence electrons. The van der Waals surface area contributed by atoms with Gasteiger partial charge in [0, 0.05) is 19.5 Å². The number of rotatable bonds is 7. The van der Waals surface area contributed by atoms with Crippen LogP contribution in [-0.2, 0) is 11.3 Å². The summed E-state index contributed by atoms with van der Waals surface area (Å²) in [4.78, 5) is 18.8. The number of aromatic nitrogens is 2. The van der Waals surface area contributed by atoms with E-state index in [1.54, 1.807) is 6.33 Å². The lowest BCUT2D eigenvalue weighted by Gasteiger charge is -2.25. The molecule has 0 aliphatic carbocycles. The third-order valence-electron chi connectivity index (χ3n) is 4.41. The summed E-state index contributed by atoms with van der Waals surface area (Å²) in [5.74, 6) is 0.0561. The SMILES string of the molecule is CN(C)C(CNC(=O)CCn1cnc2ccccc21)c1ccccc1. The van der Waals surface area contributed by atoms with Gasteiger partial charge in [-0.25, -0.2) is 4.98 Å². The second-order valence-corrected chi connectivity index (χ2v) is 6.37. The number of likely N-dealkylation sites (N-methyl/N-ethyl adjacent to an activating group) is 1. The minimum Gasteiger partial charge on any atom is -0.354 e. The van der Waals surface area contributed by atoms with E-state index in [9.17, 15) is 4.79 Å². The molecule has 1 N–H and O–H groups in total. The Morgan fingerprint density at radius 3 is 2.60 bits per heavy atom. The van der Waals surface area contributed by atoms with Gasteiger partial charge in [0.2, 0.25) is 5.91 Å². The highest BCUT2D eigenvalue weighted by atomic mass is 16.1. The first kappa shape index (κ1) is 17.2. The second kappa shape index (κ2) is 7.94. The first-order valence-electron chi connectivity index (χ1n) is 8.53. The van der Waals surface area contributed by atoms with Crippen LogP contribution in [0, 0.1) is 0 Å². The summed E-state index contributed by atoms with van der Waals surface area (Å²) in [5, 5.41) is 3.06. The quantitative estimate of drug-likeness (QED) is 0.722. The Kier molecular flexibility index (Phi) is 5.46. The molecule has 0 radical (unpaired) electrons. The molecule has 3 aromatic rings. The van der Waals surface area contributed by atoms with Gasteiger partial charge in [-0.3, -0.25) is 4.79 Å². The van der Waals surface area contributed by atoms with Crippen LogP contribution in [0.4, 0.5) is 0 Å². The van der Waals surface area contributed by atoms with Gasteiger partial charge in [0.15, 0.2) is 0 Å². The molecule has 5 heteroatoms. The van der Waals surface area contributed by atoms with Crippen molar-refractivity contribution in [2.24, 2.45) is 0 Å². The van der Waals surface area contributed by atoms with E-state index >= 15 is 0 Å².